The van der Waals surface area contributed by atoms with Crippen LogP contribution in [0.4, 0.5) is 36.8 Å². The van der Waals surface area contributed by atoms with Crippen LogP contribution < -0.4 is 16.0 Å². The minimum absolute atomic E-state index is 0.000745. The molecule has 3 rings (SSSR count). The predicted octanol–water partition coefficient (Wildman–Crippen LogP) is 4.61. The van der Waals surface area contributed by atoms with E-state index < -0.39 is 35.2 Å². The highest BCUT2D eigenvalue weighted by Crippen LogP contribution is 2.37. The third-order valence-corrected chi connectivity index (χ3v) is 6.44. The third kappa shape index (κ3) is 6.55. The fraction of sp³-hybridized carbons (Fsp3) is 0.636. The molecule has 3 N–H and O–H groups in total. The fourth-order valence-electron chi connectivity index (χ4n) is 4.63. The summed E-state index contributed by atoms with van der Waals surface area (Å²) in [7, 11) is 1.84. The maximum Gasteiger partial charge on any atom is 0.416 e. The number of halogens is 6. The number of nitrogens with zero attached hydrogens (tertiary/aromatic N) is 1. The summed E-state index contributed by atoms with van der Waals surface area (Å²) in [5.41, 5.74) is -3.62. The maximum atomic E-state index is 13.0. The van der Waals surface area contributed by atoms with Crippen LogP contribution in [-0.4, -0.2) is 49.1 Å². The summed E-state index contributed by atoms with van der Waals surface area (Å²) in [5, 5.41) is 7.86. The number of benzene rings is 1. The van der Waals surface area contributed by atoms with Crippen molar-refractivity contribution in [1.29, 1.82) is 0 Å². The number of urea groups is 1. The molecule has 1 aliphatic carbocycles. The van der Waals surface area contributed by atoms with Gasteiger partial charge in [-0.05, 0) is 50.9 Å². The molecule has 2 atom stereocenters. The Morgan fingerprint density at radius 1 is 0.882 bits per heavy atom. The van der Waals surface area contributed by atoms with Crippen molar-refractivity contribution >= 4 is 17.6 Å². The lowest BCUT2D eigenvalue weighted by Crippen LogP contribution is -2.52. The van der Waals surface area contributed by atoms with E-state index in [1.54, 1.807) is 4.90 Å². The molecule has 3 amide bonds. The molecule has 2 aliphatic rings. The van der Waals surface area contributed by atoms with Gasteiger partial charge in [0.25, 0.3) is 0 Å². The summed E-state index contributed by atoms with van der Waals surface area (Å²) < 4.78 is 78.0. The third-order valence-electron chi connectivity index (χ3n) is 6.44. The quantitative estimate of drug-likeness (QED) is 0.535. The highest BCUT2D eigenvalue weighted by atomic mass is 19.4. The van der Waals surface area contributed by atoms with E-state index in [0.29, 0.717) is 38.1 Å². The molecule has 1 heterocycles. The molecule has 0 aromatic heterocycles. The molecule has 0 bridgehead atoms. The lowest BCUT2D eigenvalue weighted by atomic mass is 9.83. The molecule has 1 aromatic rings. The van der Waals surface area contributed by atoms with Gasteiger partial charge in [0.1, 0.15) is 0 Å². The topological polar surface area (TPSA) is 73.5 Å². The van der Waals surface area contributed by atoms with Crippen LogP contribution in [0.15, 0.2) is 18.2 Å². The Labute approximate surface area is 193 Å². The van der Waals surface area contributed by atoms with Gasteiger partial charge in [0.05, 0.1) is 17.0 Å². The average Bonchev–Trinajstić information content (AvgIpc) is 2.77. The Kier molecular flexibility index (Phi) is 7.99. The predicted molar refractivity (Wildman–Crippen MR) is 113 cm³/mol. The Balaban J connectivity index is 1.57. The number of alkyl halides is 6. The van der Waals surface area contributed by atoms with Crippen LogP contribution in [0, 0.1) is 5.92 Å². The van der Waals surface area contributed by atoms with Crippen molar-refractivity contribution in [2.45, 2.75) is 63.0 Å². The Morgan fingerprint density at radius 3 is 1.97 bits per heavy atom. The first-order valence-electron chi connectivity index (χ1n) is 11.2. The highest BCUT2D eigenvalue weighted by Gasteiger charge is 2.37. The smallest absolute Gasteiger partial charge is 0.342 e. The molecular formula is C22H28F6N4O2. The first-order valence-corrected chi connectivity index (χ1v) is 11.2. The second-order valence-corrected chi connectivity index (χ2v) is 8.78. The summed E-state index contributed by atoms with van der Waals surface area (Å²) in [6, 6.07) is -0.211. The van der Waals surface area contributed by atoms with E-state index in [1.165, 1.54) is 0 Å². The molecule has 1 saturated carbocycles. The summed E-state index contributed by atoms with van der Waals surface area (Å²) in [6.45, 7) is 0.830. The average molecular weight is 494 g/mol. The number of carbonyl (C=O) groups excluding carboxylic acids is 2. The second-order valence-electron chi connectivity index (χ2n) is 8.78. The van der Waals surface area contributed by atoms with E-state index >= 15 is 0 Å². The van der Waals surface area contributed by atoms with Gasteiger partial charge < -0.3 is 20.9 Å². The maximum absolute atomic E-state index is 13.0. The monoisotopic (exact) mass is 494 g/mol. The molecule has 12 heteroatoms. The molecule has 0 spiro atoms. The van der Waals surface area contributed by atoms with Gasteiger partial charge in [-0.1, -0.05) is 12.8 Å². The van der Waals surface area contributed by atoms with Gasteiger partial charge in [0.2, 0.25) is 5.91 Å². The molecule has 34 heavy (non-hydrogen) atoms. The standard InChI is InChI=1S/C22H28F6N4O2/c1-29-18-5-3-2-4-17(18)19(33)32-8-6-15(7-9-32)30-20(34)31-16-11-13(21(23,24)25)10-14(12-16)22(26,27)28/h10-12,15,17-18,29H,2-9H2,1H3,(H2,30,31,34). The van der Waals surface area contributed by atoms with E-state index in [9.17, 15) is 35.9 Å². The van der Waals surface area contributed by atoms with E-state index in [1.807, 2.05) is 7.05 Å². The number of likely N-dealkylation sites (tertiary alicyclic amines) is 1. The summed E-state index contributed by atoms with van der Waals surface area (Å²) in [5.74, 6) is -0.0131. The van der Waals surface area contributed by atoms with Crippen LogP contribution in [0.2, 0.25) is 0 Å². The first-order chi connectivity index (χ1) is 15.9. The van der Waals surface area contributed by atoms with Crippen LogP contribution >= 0.6 is 0 Å². The van der Waals surface area contributed by atoms with Crippen LogP contribution in [-0.2, 0) is 17.1 Å². The first kappa shape index (κ1) is 26.1. The minimum Gasteiger partial charge on any atom is -0.342 e. The normalized spacial score (nSPS) is 22.4. The number of piperidine rings is 1. The van der Waals surface area contributed by atoms with Crippen molar-refractivity contribution in [3.63, 3.8) is 0 Å². The zero-order valence-electron chi connectivity index (χ0n) is 18.7. The van der Waals surface area contributed by atoms with Crippen molar-refractivity contribution in [3.05, 3.63) is 29.3 Å². The number of anilines is 1. The molecule has 2 fully saturated rings. The number of rotatable bonds is 4. The van der Waals surface area contributed by atoms with E-state index in [-0.39, 0.29) is 30.0 Å². The van der Waals surface area contributed by atoms with Gasteiger partial charge in [0, 0.05) is 30.9 Å². The van der Waals surface area contributed by atoms with Gasteiger partial charge >= 0.3 is 18.4 Å². The van der Waals surface area contributed by atoms with Crippen molar-refractivity contribution in [1.82, 2.24) is 15.5 Å². The van der Waals surface area contributed by atoms with Crippen molar-refractivity contribution in [2.24, 2.45) is 5.92 Å². The number of amides is 3. The number of carbonyl (C=O) groups is 2. The second kappa shape index (κ2) is 10.4. The Bertz CT molecular complexity index is 849. The molecule has 2 unspecified atom stereocenters. The largest absolute Gasteiger partial charge is 0.416 e. The number of hydrogen-bond acceptors (Lipinski definition) is 3. The van der Waals surface area contributed by atoms with Crippen LogP contribution in [0.3, 0.4) is 0 Å². The molecule has 1 aromatic carbocycles. The van der Waals surface area contributed by atoms with Gasteiger partial charge in [-0.2, -0.15) is 26.3 Å². The minimum atomic E-state index is -5.00. The molecule has 1 aliphatic heterocycles. The highest BCUT2D eigenvalue weighted by molar-refractivity contribution is 5.89. The molecular weight excluding hydrogens is 466 g/mol. The van der Waals surface area contributed by atoms with Crippen LogP contribution in [0.25, 0.3) is 0 Å². The van der Waals surface area contributed by atoms with E-state index in [4.69, 9.17) is 0 Å². The molecule has 1 saturated heterocycles. The van der Waals surface area contributed by atoms with E-state index in [0.717, 1.165) is 25.7 Å². The van der Waals surface area contributed by atoms with Crippen molar-refractivity contribution < 1.29 is 35.9 Å². The Hall–Kier alpha value is -2.50. The van der Waals surface area contributed by atoms with Crippen molar-refractivity contribution in [2.75, 3.05) is 25.5 Å². The molecule has 190 valence electrons. The lowest BCUT2D eigenvalue weighted by Gasteiger charge is -2.38. The van der Waals surface area contributed by atoms with E-state index in [2.05, 4.69) is 16.0 Å². The fourth-order valence-corrected chi connectivity index (χ4v) is 4.63. The summed E-state index contributed by atoms with van der Waals surface area (Å²) in [6.07, 6.45) is -5.29. The summed E-state index contributed by atoms with van der Waals surface area (Å²) in [4.78, 5) is 27.0. The molecule has 6 nitrogen and oxygen atoms in total. The summed E-state index contributed by atoms with van der Waals surface area (Å²) >= 11 is 0. The van der Waals surface area contributed by atoms with Gasteiger partial charge in [-0.25, -0.2) is 4.79 Å². The Morgan fingerprint density at radius 2 is 1.44 bits per heavy atom. The van der Waals surface area contributed by atoms with Crippen LogP contribution in [0.1, 0.15) is 49.7 Å². The van der Waals surface area contributed by atoms with Gasteiger partial charge in [-0.15, -0.1) is 0 Å². The molecule has 0 radical (unpaired) electrons. The van der Waals surface area contributed by atoms with Crippen molar-refractivity contribution in [3.8, 4) is 0 Å². The zero-order valence-corrected chi connectivity index (χ0v) is 18.7. The SMILES string of the molecule is CNC1CCCCC1C(=O)N1CCC(NC(=O)Nc2cc(C(F)(F)F)cc(C(F)(F)F)c2)CC1. The van der Waals surface area contributed by atoms with Crippen LogP contribution in [0.5, 0.6) is 0 Å². The number of hydrogen-bond donors (Lipinski definition) is 3. The van der Waals surface area contributed by atoms with Gasteiger partial charge in [0.15, 0.2) is 0 Å². The zero-order chi connectivity index (χ0) is 25.1. The number of nitrogens with one attached hydrogen (secondary N) is 3. The lowest BCUT2D eigenvalue weighted by molar-refractivity contribution is -0.143. The van der Waals surface area contributed by atoms with Gasteiger partial charge in [-0.3, -0.25) is 4.79 Å².